The van der Waals surface area contributed by atoms with E-state index in [-0.39, 0.29) is 15.7 Å². The van der Waals surface area contributed by atoms with Crippen LogP contribution in [0.4, 0.5) is 0 Å². The first-order valence-electron chi connectivity index (χ1n) is 8.15. The van der Waals surface area contributed by atoms with Crippen molar-refractivity contribution >= 4 is 68.7 Å². The van der Waals surface area contributed by atoms with Crippen LogP contribution in [0.15, 0.2) is 12.7 Å². The van der Waals surface area contributed by atoms with E-state index in [1.54, 1.807) is 6.33 Å². The van der Waals surface area contributed by atoms with Crippen LogP contribution in [0.1, 0.15) is 6.42 Å². The number of nitrogens with one attached hydrogen (secondary N) is 1. The molecule has 1 atom stereocenters. The van der Waals surface area contributed by atoms with Crippen LogP contribution in [0.25, 0.3) is 22.3 Å². The van der Waals surface area contributed by atoms with Crippen LogP contribution in [0.3, 0.4) is 0 Å². The summed E-state index contributed by atoms with van der Waals surface area (Å²) in [5.74, 6) is 0.500. The van der Waals surface area contributed by atoms with Crippen LogP contribution >= 0.6 is 46.4 Å². The summed E-state index contributed by atoms with van der Waals surface area (Å²) in [5, 5.41) is 0.834. The van der Waals surface area contributed by atoms with E-state index in [9.17, 15) is 0 Å². The first kappa shape index (κ1) is 19.5. The molecule has 13 heteroatoms. The van der Waals surface area contributed by atoms with Crippen LogP contribution in [-0.2, 0) is 11.3 Å². The molecule has 5 rings (SSSR count). The van der Waals surface area contributed by atoms with Crippen molar-refractivity contribution < 1.29 is 4.74 Å². The molecule has 0 aromatic carbocycles. The number of aromatic nitrogens is 8. The largest absolute Gasteiger partial charge is 0.381 e. The van der Waals surface area contributed by atoms with Gasteiger partial charge >= 0.3 is 0 Å². The van der Waals surface area contributed by atoms with Gasteiger partial charge in [-0.05, 0) is 29.6 Å². The normalized spacial score (nSPS) is 16.5. The molecule has 0 aliphatic carbocycles. The molecular weight excluding hydrogens is 450 g/mol. The fourth-order valence-corrected chi connectivity index (χ4v) is 3.65. The van der Waals surface area contributed by atoms with Gasteiger partial charge in [0.25, 0.3) is 0 Å². The van der Waals surface area contributed by atoms with Gasteiger partial charge in [0.05, 0.1) is 19.3 Å². The summed E-state index contributed by atoms with van der Waals surface area (Å²) in [6.45, 7) is 2.43. The van der Waals surface area contributed by atoms with Crippen molar-refractivity contribution in [1.82, 2.24) is 39.5 Å². The van der Waals surface area contributed by atoms with Gasteiger partial charge in [0.1, 0.15) is 11.0 Å². The number of ether oxygens (including phenoxy) is 1. The number of imidazole rings is 2. The average molecular weight is 462 g/mol. The number of hydrogen-bond acceptors (Lipinski definition) is 7. The van der Waals surface area contributed by atoms with Crippen molar-refractivity contribution in [3.8, 4) is 0 Å². The van der Waals surface area contributed by atoms with E-state index in [2.05, 4.69) is 34.9 Å². The fraction of sp³-hybridized carbons (Fsp3) is 0.333. The van der Waals surface area contributed by atoms with Gasteiger partial charge in [-0.2, -0.15) is 9.97 Å². The lowest BCUT2D eigenvalue weighted by Gasteiger charge is -2.08. The standard InChI is InChI=1S/C10H10Cl2N4O.C5H2Cl2N4/c11-8-7-9(15-10(12)14-8)16(5-13-7)3-6-1-2-17-4-6;6-3-2-4(9-1-8-2)11-5(7)10-3/h5-6H,1-4H2;1H,(H,8,9,10,11). The Morgan fingerprint density at radius 2 is 1.82 bits per heavy atom. The summed E-state index contributed by atoms with van der Waals surface area (Å²) >= 11 is 23.0. The smallest absolute Gasteiger partial charge is 0.225 e. The van der Waals surface area contributed by atoms with Gasteiger partial charge in [0.15, 0.2) is 21.6 Å². The maximum absolute atomic E-state index is 5.96. The van der Waals surface area contributed by atoms with Gasteiger partial charge in [-0.25, -0.2) is 19.9 Å². The third-order valence-corrected chi connectivity index (χ3v) is 4.96. The molecule has 1 unspecified atom stereocenters. The Hall–Kier alpha value is -1.78. The second kappa shape index (κ2) is 8.30. The summed E-state index contributed by atoms with van der Waals surface area (Å²) in [5.41, 5.74) is 2.36. The van der Waals surface area contributed by atoms with Crippen LogP contribution in [0.5, 0.6) is 0 Å². The lowest BCUT2D eigenvalue weighted by Crippen LogP contribution is -2.10. The molecule has 0 spiro atoms. The molecule has 4 aromatic heterocycles. The monoisotopic (exact) mass is 460 g/mol. The van der Waals surface area contributed by atoms with Crippen LogP contribution in [0, 0.1) is 5.92 Å². The molecule has 146 valence electrons. The zero-order chi connectivity index (χ0) is 19.7. The molecule has 28 heavy (non-hydrogen) atoms. The zero-order valence-corrected chi connectivity index (χ0v) is 17.1. The van der Waals surface area contributed by atoms with Gasteiger partial charge in [0.2, 0.25) is 10.6 Å². The van der Waals surface area contributed by atoms with Gasteiger partial charge in [-0.1, -0.05) is 23.2 Å². The number of halogens is 4. The maximum atomic E-state index is 5.96. The highest BCUT2D eigenvalue weighted by atomic mass is 35.5. The van der Waals surface area contributed by atoms with E-state index in [0.29, 0.717) is 33.4 Å². The Morgan fingerprint density at radius 3 is 2.61 bits per heavy atom. The first-order chi connectivity index (χ1) is 13.5. The van der Waals surface area contributed by atoms with Crippen molar-refractivity contribution in [3.05, 3.63) is 33.5 Å². The van der Waals surface area contributed by atoms with Crippen LogP contribution in [-0.4, -0.2) is 52.7 Å². The number of hydrogen-bond donors (Lipinski definition) is 1. The molecule has 1 aliphatic rings. The molecule has 4 aromatic rings. The predicted octanol–water partition coefficient (Wildman–Crippen LogP) is 3.83. The second-order valence-electron chi connectivity index (χ2n) is 5.97. The Kier molecular flexibility index (Phi) is 5.79. The first-order valence-corrected chi connectivity index (χ1v) is 9.66. The van der Waals surface area contributed by atoms with E-state index in [0.717, 1.165) is 26.2 Å². The van der Waals surface area contributed by atoms with Crippen molar-refractivity contribution in [1.29, 1.82) is 0 Å². The van der Waals surface area contributed by atoms with Gasteiger partial charge in [-0.3, -0.25) is 0 Å². The van der Waals surface area contributed by atoms with E-state index < -0.39 is 0 Å². The molecule has 1 N–H and O–H groups in total. The molecule has 9 nitrogen and oxygen atoms in total. The molecular formula is C15H12Cl4N8O. The topological polar surface area (TPSA) is 107 Å². The Bertz CT molecular complexity index is 1120. The Balaban J connectivity index is 0.000000151. The van der Waals surface area contributed by atoms with Crippen molar-refractivity contribution in [2.24, 2.45) is 5.92 Å². The van der Waals surface area contributed by atoms with Crippen LogP contribution in [0.2, 0.25) is 20.9 Å². The lowest BCUT2D eigenvalue weighted by atomic mass is 10.1. The van der Waals surface area contributed by atoms with E-state index >= 15 is 0 Å². The minimum Gasteiger partial charge on any atom is -0.381 e. The fourth-order valence-electron chi connectivity index (χ4n) is 2.80. The quantitative estimate of drug-likeness (QED) is 0.357. The third kappa shape index (κ3) is 4.13. The van der Waals surface area contributed by atoms with Crippen LogP contribution < -0.4 is 0 Å². The van der Waals surface area contributed by atoms with E-state index in [4.69, 9.17) is 51.1 Å². The van der Waals surface area contributed by atoms with Gasteiger partial charge in [-0.15, -0.1) is 0 Å². The molecule has 0 bridgehead atoms. The summed E-state index contributed by atoms with van der Waals surface area (Å²) in [6, 6.07) is 0. The minimum absolute atomic E-state index is 0.106. The molecule has 5 heterocycles. The van der Waals surface area contributed by atoms with E-state index in [1.807, 2.05) is 4.57 Å². The number of fused-ring (bicyclic) bond motifs is 2. The Morgan fingerprint density at radius 1 is 1.04 bits per heavy atom. The molecule has 0 radical (unpaired) electrons. The molecule has 1 saturated heterocycles. The molecule has 0 amide bonds. The summed E-state index contributed by atoms with van der Waals surface area (Å²) in [4.78, 5) is 26.4. The molecule has 0 saturated carbocycles. The number of rotatable bonds is 2. The highest BCUT2D eigenvalue weighted by Crippen LogP contribution is 2.23. The number of H-pyrrole nitrogens is 1. The SMILES string of the molecule is Clc1nc(Cl)c2[nH]cnc2n1.Clc1nc(Cl)c2ncn(CC3CCOC3)c2n1. The average Bonchev–Trinajstić information content (AvgIpc) is 3.37. The predicted molar refractivity (Wildman–Crippen MR) is 106 cm³/mol. The minimum atomic E-state index is 0.106. The van der Waals surface area contributed by atoms with E-state index in [1.165, 1.54) is 6.33 Å². The van der Waals surface area contributed by atoms with Crippen molar-refractivity contribution in [3.63, 3.8) is 0 Å². The maximum Gasteiger partial charge on any atom is 0.225 e. The zero-order valence-electron chi connectivity index (χ0n) is 14.1. The number of nitrogens with zero attached hydrogens (tertiary/aromatic N) is 7. The summed E-state index contributed by atoms with van der Waals surface area (Å²) in [7, 11) is 0. The third-order valence-electron chi connectivity index (χ3n) is 4.09. The number of aromatic amines is 1. The lowest BCUT2D eigenvalue weighted by molar-refractivity contribution is 0.182. The Labute approximate surface area is 178 Å². The summed E-state index contributed by atoms with van der Waals surface area (Å²) < 4.78 is 7.30. The second-order valence-corrected chi connectivity index (χ2v) is 7.36. The van der Waals surface area contributed by atoms with Gasteiger partial charge < -0.3 is 14.3 Å². The highest BCUT2D eigenvalue weighted by molar-refractivity contribution is 6.35. The highest BCUT2D eigenvalue weighted by Gasteiger charge is 2.18. The van der Waals surface area contributed by atoms with Gasteiger partial charge in [0, 0.05) is 19.1 Å². The van der Waals surface area contributed by atoms with Crippen molar-refractivity contribution in [2.75, 3.05) is 13.2 Å². The molecule has 1 fully saturated rings. The summed E-state index contributed by atoms with van der Waals surface area (Å²) in [6.07, 6.45) is 4.27. The van der Waals surface area contributed by atoms with Crippen molar-refractivity contribution in [2.45, 2.75) is 13.0 Å². The molecule has 1 aliphatic heterocycles.